The van der Waals surface area contributed by atoms with Crippen LogP contribution in [0.2, 0.25) is 0 Å². The Hall–Kier alpha value is -3.82. The summed E-state index contributed by atoms with van der Waals surface area (Å²) in [5, 5.41) is 11.3. The Morgan fingerprint density at radius 2 is 2.00 bits per heavy atom. The number of carbonyl (C=O) groups is 1. The van der Waals surface area contributed by atoms with Crippen molar-refractivity contribution in [3.8, 4) is 5.69 Å². The second-order valence-electron chi connectivity index (χ2n) is 8.61. The molecule has 1 saturated heterocycles. The van der Waals surface area contributed by atoms with Crippen LogP contribution in [0.25, 0.3) is 16.8 Å². The van der Waals surface area contributed by atoms with Crippen molar-refractivity contribution in [1.29, 1.82) is 0 Å². The summed E-state index contributed by atoms with van der Waals surface area (Å²) in [6, 6.07) is 7.43. The molecule has 2 atom stereocenters. The van der Waals surface area contributed by atoms with E-state index >= 15 is 4.39 Å². The summed E-state index contributed by atoms with van der Waals surface area (Å²) in [7, 11) is 0. The van der Waals surface area contributed by atoms with Crippen LogP contribution in [0.5, 0.6) is 0 Å². The first-order chi connectivity index (χ1) is 16.4. The normalized spacial score (nSPS) is 18.4. The van der Waals surface area contributed by atoms with Gasteiger partial charge in [0.2, 0.25) is 0 Å². The van der Waals surface area contributed by atoms with Gasteiger partial charge in [0.15, 0.2) is 11.4 Å². The molecule has 5 rings (SSSR count). The Bertz CT molecular complexity index is 1340. The fourth-order valence-electron chi connectivity index (χ4n) is 4.50. The number of nitrogens with zero attached hydrogens (tertiary/aromatic N) is 5. The van der Waals surface area contributed by atoms with Gasteiger partial charge in [-0.3, -0.25) is 4.79 Å². The van der Waals surface area contributed by atoms with E-state index in [1.165, 1.54) is 30.6 Å². The molecule has 3 heterocycles. The first-order valence-corrected chi connectivity index (χ1v) is 11.2. The Morgan fingerprint density at radius 1 is 1.21 bits per heavy atom. The maximum Gasteiger partial charge on any atom is 0.295 e. The number of aromatic nitrogens is 4. The largest absolute Gasteiger partial charge is 0.424 e. The fourth-order valence-corrected chi connectivity index (χ4v) is 4.50. The van der Waals surface area contributed by atoms with Gasteiger partial charge in [-0.2, -0.15) is 15.2 Å². The average molecular weight is 466 g/mol. The van der Waals surface area contributed by atoms with Crippen molar-refractivity contribution in [1.82, 2.24) is 24.9 Å². The molecule has 1 amide bonds. The topological polar surface area (TPSA) is 89.1 Å². The highest BCUT2D eigenvalue weighted by atomic mass is 19.1. The lowest BCUT2D eigenvalue weighted by Gasteiger charge is -2.40. The Morgan fingerprint density at radius 3 is 2.79 bits per heavy atom. The average Bonchev–Trinajstić information content (AvgIpc) is 3.49. The van der Waals surface area contributed by atoms with E-state index in [4.69, 9.17) is 4.42 Å². The Labute approximate surface area is 194 Å². The van der Waals surface area contributed by atoms with E-state index in [1.807, 2.05) is 0 Å². The van der Waals surface area contributed by atoms with Gasteiger partial charge in [0, 0.05) is 19.2 Å². The van der Waals surface area contributed by atoms with E-state index in [1.54, 1.807) is 24.0 Å². The molecule has 0 radical (unpaired) electrons. The van der Waals surface area contributed by atoms with Gasteiger partial charge >= 0.3 is 0 Å². The highest BCUT2D eigenvalue weighted by molar-refractivity contribution is 5.98. The number of rotatable bonds is 5. The fraction of sp³-hybridized carbons (Fsp3) is 0.333. The van der Waals surface area contributed by atoms with Crippen LogP contribution in [0.1, 0.15) is 35.7 Å². The van der Waals surface area contributed by atoms with Gasteiger partial charge in [-0.1, -0.05) is 13.0 Å². The van der Waals surface area contributed by atoms with Crippen LogP contribution in [0.4, 0.5) is 14.8 Å². The van der Waals surface area contributed by atoms with E-state index in [2.05, 4.69) is 27.4 Å². The van der Waals surface area contributed by atoms with Crippen molar-refractivity contribution in [2.24, 2.45) is 5.92 Å². The molecule has 1 N–H and O–H groups in total. The smallest absolute Gasteiger partial charge is 0.295 e. The number of likely N-dealkylation sites (tertiary alicyclic amines) is 1. The molecule has 0 spiro atoms. The third-order valence-electron chi connectivity index (χ3n) is 6.35. The van der Waals surface area contributed by atoms with Crippen LogP contribution in [-0.4, -0.2) is 49.9 Å². The molecule has 0 aliphatic carbocycles. The number of amides is 1. The highest BCUT2D eigenvalue weighted by Crippen LogP contribution is 2.29. The second-order valence-corrected chi connectivity index (χ2v) is 8.61. The third-order valence-corrected chi connectivity index (χ3v) is 6.35. The number of benzene rings is 2. The molecule has 2 aromatic heterocycles. The standard InChI is InChI=1S/C24H24F2N6O2/c1-14-4-3-11-31(19(14)13-27-24-30-18-12-16(25)6-8-20(18)34-24)23(33)17-7-5-15(2)21(26)22(17)32-28-9-10-29-32/h5-10,12,14,19H,3-4,11,13H2,1-2H3,(H,27,30). The number of anilines is 1. The first kappa shape index (κ1) is 22.0. The molecule has 1 aliphatic rings. The zero-order valence-corrected chi connectivity index (χ0v) is 18.8. The minimum absolute atomic E-state index is 0.0425. The van der Waals surface area contributed by atoms with E-state index in [0.29, 0.717) is 29.8 Å². The zero-order valence-electron chi connectivity index (χ0n) is 18.8. The van der Waals surface area contributed by atoms with E-state index in [9.17, 15) is 9.18 Å². The summed E-state index contributed by atoms with van der Waals surface area (Å²) < 4.78 is 34.2. The molecule has 1 aliphatic heterocycles. The molecular formula is C24H24F2N6O2. The lowest BCUT2D eigenvalue weighted by molar-refractivity contribution is 0.0538. The van der Waals surface area contributed by atoms with Gasteiger partial charge in [0.1, 0.15) is 17.0 Å². The van der Waals surface area contributed by atoms with Crippen molar-refractivity contribution in [3.63, 3.8) is 0 Å². The number of piperidine rings is 1. The monoisotopic (exact) mass is 466 g/mol. The van der Waals surface area contributed by atoms with Crippen molar-refractivity contribution in [3.05, 3.63) is 65.5 Å². The lowest BCUT2D eigenvalue weighted by atomic mass is 9.90. The number of halogens is 2. The molecule has 0 bridgehead atoms. The number of fused-ring (bicyclic) bond motifs is 1. The van der Waals surface area contributed by atoms with E-state index in [-0.39, 0.29) is 35.1 Å². The van der Waals surface area contributed by atoms with Crippen molar-refractivity contribution in [2.45, 2.75) is 32.7 Å². The maximum atomic E-state index is 15.1. The number of hydrogen-bond donors (Lipinski definition) is 1. The van der Waals surface area contributed by atoms with Gasteiger partial charge in [-0.05, 0) is 49.4 Å². The Balaban J connectivity index is 1.43. The number of carbonyl (C=O) groups excluding carboxylic acids is 1. The van der Waals surface area contributed by atoms with Gasteiger partial charge < -0.3 is 14.6 Å². The van der Waals surface area contributed by atoms with Gasteiger partial charge in [-0.15, -0.1) is 4.80 Å². The Kier molecular flexibility index (Phi) is 5.72. The summed E-state index contributed by atoms with van der Waals surface area (Å²) in [5.41, 5.74) is 1.54. The minimum atomic E-state index is -0.527. The molecule has 2 unspecified atom stereocenters. The van der Waals surface area contributed by atoms with Crippen LogP contribution in [0.15, 0.2) is 47.1 Å². The number of aryl methyl sites for hydroxylation is 1. The lowest BCUT2D eigenvalue weighted by Crippen LogP contribution is -2.51. The maximum absolute atomic E-state index is 15.1. The summed E-state index contributed by atoms with van der Waals surface area (Å²) in [6.07, 6.45) is 4.68. The SMILES string of the molecule is Cc1ccc(C(=O)N2CCCC(C)C2CNc2nc3cc(F)ccc3o2)c(-n2nccn2)c1F. The quantitative estimate of drug-likeness (QED) is 0.471. The van der Waals surface area contributed by atoms with Crippen molar-refractivity contribution < 1.29 is 18.0 Å². The summed E-state index contributed by atoms with van der Waals surface area (Å²) in [6.45, 7) is 4.64. The predicted octanol–water partition coefficient (Wildman–Crippen LogP) is 4.35. The van der Waals surface area contributed by atoms with E-state index < -0.39 is 11.6 Å². The molecule has 34 heavy (non-hydrogen) atoms. The minimum Gasteiger partial charge on any atom is -0.424 e. The molecule has 10 heteroatoms. The number of nitrogens with one attached hydrogen (secondary N) is 1. The van der Waals surface area contributed by atoms with Crippen LogP contribution in [0, 0.1) is 24.5 Å². The predicted molar refractivity (Wildman–Crippen MR) is 122 cm³/mol. The molecule has 176 valence electrons. The van der Waals surface area contributed by atoms with Gasteiger partial charge in [-0.25, -0.2) is 8.78 Å². The molecular weight excluding hydrogens is 442 g/mol. The summed E-state index contributed by atoms with van der Waals surface area (Å²) in [4.78, 5) is 20.9. The van der Waals surface area contributed by atoms with Crippen LogP contribution >= 0.6 is 0 Å². The number of oxazole rings is 1. The van der Waals surface area contributed by atoms with Crippen molar-refractivity contribution >= 4 is 23.0 Å². The summed E-state index contributed by atoms with van der Waals surface area (Å²) in [5.74, 6) is -1.02. The number of hydrogen-bond acceptors (Lipinski definition) is 6. The molecule has 8 nitrogen and oxygen atoms in total. The van der Waals surface area contributed by atoms with Crippen LogP contribution in [-0.2, 0) is 0 Å². The second kappa shape index (κ2) is 8.85. The van der Waals surface area contributed by atoms with Crippen LogP contribution in [0.3, 0.4) is 0 Å². The molecule has 4 aromatic rings. The van der Waals surface area contributed by atoms with Crippen molar-refractivity contribution in [2.75, 3.05) is 18.4 Å². The molecule has 2 aromatic carbocycles. The highest BCUT2D eigenvalue weighted by Gasteiger charge is 2.34. The molecule has 1 fully saturated rings. The first-order valence-electron chi connectivity index (χ1n) is 11.2. The van der Waals surface area contributed by atoms with E-state index in [0.717, 1.165) is 17.6 Å². The summed E-state index contributed by atoms with van der Waals surface area (Å²) >= 11 is 0. The zero-order chi connectivity index (χ0) is 23.8. The molecule has 0 saturated carbocycles. The van der Waals surface area contributed by atoms with Gasteiger partial charge in [0.25, 0.3) is 11.9 Å². The third kappa shape index (κ3) is 4.00. The van der Waals surface area contributed by atoms with Gasteiger partial charge in [0.05, 0.1) is 24.0 Å². The van der Waals surface area contributed by atoms with Crippen LogP contribution < -0.4 is 5.32 Å².